The van der Waals surface area contributed by atoms with Crippen LogP contribution in [-0.4, -0.2) is 11.3 Å². The Morgan fingerprint density at radius 1 is 1.38 bits per heavy atom. The maximum Gasteiger partial charge on any atom is 0.150 e. The zero-order valence-corrected chi connectivity index (χ0v) is 7.57. The number of nitrogens with zero attached hydrogens (tertiary/aromatic N) is 1. The van der Waals surface area contributed by atoms with E-state index in [0.29, 0.717) is 5.92 Å². The van der Waals surface area contributed by atoms with Crippen molar-refractivity contribution in [1.82, 2.24) is 4.98 Å². The average molecular weight is 175 g/mol. The Bertz CT molecular complexity index is 303. The summed E-state index contributed by atoms with van der Waals surface area (Å²) in [6, 6.07) is 1.81. The molecule has 0 bridgehead atoms. The van der Waals surface area contributed by atoms with Crippen molar-refractivity contribution in [2.45, 2.75) is 31.6 Å². The Labute approximate surface area is 78.0 Å². The van der Waals surface area contributed by atoms with Crippen molar-refractivity contribution in [3.63, 3.8) is 0 Å². The summed E-state index contributed by atoms with van der Waals surface area (Å²) in [7, 11) is 0. The quantitative estimate of drug-likeness (QED) is 0.646. The van der Waals surface area contributed by atoms with Crippen molar-refractivity contribution in [2.75, 3.05) is 0 Å². The predicted molar refractivity (Wildman–Crippen MR) is 50.8 cm³/mol. The molecular weight excluding hydrogens is 162 g/mol. The van der Waals surface area contributed by atoms with E-state index in [2.05, 4.69) is 4.98 Å². The van der Waals surface area contributed by atoms with Gasteiger partial charge in [0.1, 0.15) is 6.29 Å². The molecule has 13 heavy (non-hydrogen) atoms. The van der Waals surface area contributed by atoms with E-state index in [1.54, 1.807) is 12.3 Å². The van der Waals surface area contributed by atoms with Crippen LogP contribution in [0.1, 0.15) is 47.5 Å². The van der Waals surface area contributed by atoms with E-state index < -0.39 is 0 Å². The molecule has 68 valence electrons. The van der Waals surface area contributed by atoms with Gasteiger partial charge >= 0.3 is 0 Å². The van der Waals surface area contributed by atoms with Gasteiger partial charge in [-0.25, -0.2) is 0 Å². The van der Waals surface area contributed by atoms with Crippen LogP contribution in [0, 0.1) is 0 Å². The molecule has 1 fully saturated rings. The highest BCUT2D eigenvalue weighted by Gasteiger charge is 2.19. The van der Waals surface area contributed by atoms with Crippen molar-refractivity contribution in [2.24, 2.45) is 0 Å². The standard InChI is InChI=1S/C11H13NO/c13-8-10-5-6-12-7-11(10)9-3-1-2-4-9/h5-9H,1-4H2. The second kappa shape index (κ2) is 3.69. The first kappa shape index (κ1) is 8.42. The van der Waals surface area contributed by atoms with E-state index in [0.717, 1.165) is 17.4 Å². The van der Waals surface area contributed by atoms with Gasteiger partial charge in [-0.05, 0) is 30.4 Å². The molecule has 1 aromatic rings. The van der Waals surface area contributed by atoms with E-state index in [1.807, 2.05) is 6.20 Å². The largest absolute Gasteiger partial charge is 0.298 e. The van der Waals surface area contributed by atoms with Crippen LogP contribution < -0.4 is 0 Å². The van der Waals surface area contributed by atoms with Crippen LogP contribution in [0.2, 0.25) is 0 Å². The summed E-state index contributed by atoms with van der Waals surface area (Å²) in [6.45, 7) is 0. The summed E-state index contributed by atoms with van der Waals surface area (Å²) in [4.78, 5) is 14.8. The fourth-order valence-corrected chi connectivity index (χ4v) is 2.10. The van der Waals surface area contributed by atoms with Gasteiger partial charge in [-0.3, -0.25) is 9.78 Å². The summed E-state index contributed by atoms with van der Waals surface area (Å²) in [5.74, 6) is 0.578. The van der Waals surface area contributed by atoms with Gasteiger partial charge in [-0.1, -0.05) is 12.8 Å². The fourth-order valence-electron chi connectivity index (χ4n) is 2.10. The van der Waals surface area contributed by atoms with Crippen LogP contribution in [0.25, 0.3) is 0 Å². The van der Waals surface area contributed by atoms with Crippen LogP contribution >= 0.6 is 0 Å². The lowest BCUT2D eigenvalue weighted by molar-refractivity contribution is 0.112. The predicted octanol–water partition coefficient (Wildman–Crippen LogP) is 2.55. The Balaban J connectivity index is 2.31. The van der Waals surface area contributed by atoms with Gasteiger partial charge in [-0.15, -0.1) is 0 Å². The van der Waals surface area contributed by atoms with Gasteiger partial charge in [0.25, 0.3) is 0 Å². The minimum absolute atomic E-state index is 0.578. The van der Waals surface area contributed by atoms with Gasteiger partial charge in [-0.2, -0.15) is 0 Å². The lowest BCUT2D eigenvalue weighted by Gasteiger charge is -2.10. The Morgan fingerprint density at radius 3 is 2.85 bits per heavy atom. The van der Waals surface area contributed by atoms with Gasteiger partial charge in [0.2, 0.25) is 0 Å². The molecule has 1 saturated carbocycles. The van der Waals surface area contributed by atoms with Gasteiger partial charge < -0.3 is 0 Å². The Morgan fingerprint density at radius 2 is 2.15 bits per heavy atom. The number of carbonyl (C=O) groups excluding carboxylic acids is 1. The first-order chi connectivity index (χ1) is 6.42. The fraction of sp³-hybridized carbons (Fsp3) is 0.455. The topological polar surface area (TPSA) is 30.0 Å². The maximum absolute atomic E-state index is 10.8. The van der Waals surface area contributed by atoms with Crippen molar-refractivity contribution >= 4 is 6.29 Å². The maximum atomic E-state index is 10.8. The number of hydrogen-bond donors (Lipinski definition) is 0. The molecule has 1 aliphatic rings. The molecular formula is C11H13NO. The summed E-state index contributed by atoms with van der Waals surface area (Å²) in [5, 5.41) is 0. The minimum Gasteiger partial charge on any atom is -0.298 e. The molecule has 2 heteroatoms. The SMILES string of the molecule is O=Cc1ccncc1C1CCCC1. The third kappa shape index (κ3) is 1.62. The molecule has 2 rings (SSSR count). The molecule has 0 radical (unpaired) electrons. The third-order valence-corrected chi connectivity index (χ3v) is 2.81. The van der Waals surface area contributed by atoms with Crippen LogP contribution in [-0.2, 0) is 0 Å². The van der Waals surface area contributed by atoms with Crippen molar-refractivity contribution in [3.8, 4) is 0 Å². The molecule has 0 aromatic carbocycles. The average Bonchev–Trinajstić information content (AvgIpc) is 2.70. The second-order valence-electron chi connectivity index (χ2n) is 3.60. The summed E-state index contributed by atoms with van der Waals surface area (Å²) >= 11 is 0. The molecule has 0 spiro atoms. The number of rotatable bonds is 2. The van der Waals surface area contributed by atoms with Crippen molar-refractivity contribution < 1.29 is 4.79 Å². The minimum atomic E-state index is 0.578. The monoisotopic (exact) mass is 175 g/mol. The zero-order valence-electron chi connectivity index (χ0n) is 7.57. The molecule has 0 atom stereocenters. The highest BCUT2D eigenvalue weighted by atomic mass is 16.1. The molecule has 0 N–H and O–H groups in total. The first-order valence-electron chi connectivity index (χ1n) is 4.81. The van der Waals surface area contributed by atoms with Crippen LogP contribution in [0.3, 0.4) is 0 Å². The molecule has 0 aliphatic heterocycles. The number of pyridine rings is 1. The molecule has 0 saturated heterocycles. The van der Waals surface area contributed by atoms with Crippen LogP contribution in [0.15, 0.2) is 18.5 Å². The van der Waals surface area contributed by atoms with E-state index in [1.165, 1.54) is 25.7 Å². The molecule has 1 aromatic heterocycles. The lowest BCUT2D eigenvalue weighted by Crippen LogP contribution is -1.98. The second-order valence-corrected chi connectivity index (χ2v) is 3.60. The molecule has 2 nitrogen and oxygen atoms in total. The van der Waals surface area contributed by atoms with E-state index in [9.17, 15) is 4.79 Å². The van der Waals surface area contributed by atoms with E-state index in [4.69, 9.17) is 0 Å². The Kier molecular flexibility index (Phi) is 2.39. The smallest absolute Gasteiger partial charge is 0.150 e. The first-order valence-corrected chi connectivity index (χ1v) is 4.81. The van der Waals surface area contributed by atoms with E-state index in [-0.39, 0.29) is 0 Å². The van der Waals surface area contributed by atoms with Gasteiger partial charge in [0.05, 0.1) is 0 Å². The lowest BCUT2D eigenvalue weighted by atomic mass is 9.95. The highest BCUT2D eigenvalue weighted by molar-refractivity contribution is 5.77. The highest BCUT2D eigenvalue weighted by Crippen LogP contribution is 2.34. The molecule has 1 heterocycles. The summed E-state index contributed by atoms with van der Waals surface area (Å²) in [6.07, 6.45) is 9.48. The normalized spacial score (nSPS) is 17.5. The zero-order chi connectivity index (χ0) is 9.10. The van der Waals surface area contributed by atoms with Gasteiger partial charge in [0.15, 0.2) is 0 Å². The molecule has 0 amide bonds. The van der Waals surface area contributed by atoms with E-state index >= 15 is 0 Å². The van der Waals surface area contributed by atoms with Gasteiger partial charge in [0, 0.05) is 18.0 Å². The number of aldehydes is 1. The van der Waals surface area contributed by atoms with Crippen molar-refractivity contribution in [3.05, 3.63) is 29.6 Å². The number of hydrogen-bond acceptors (Lipinski definition) is 2. The Hall–Kier alpha value is -1.18. The van der Waals surface area contributed by atoms with Crippen molar-refractivity contribution in [1.29, 1.82) is 0 Å². The summed E-state index contributed by atoms with van der Waals surface area (Å²) < 4.78 is 0. The third-order valence-electron chi connectivity index (χ3n) is 2.81. The number of carbonyl (C=O) groups is 1. The summed E-state index contributed by atoms with van der Waals surface area (Å²) in [5.41, 5.74) is 1.97. The molecule has 1 aliphatic carbocycles. The number of aromatic nitrogens is 1. The van der Waals surface area contributed by atoms with Crippen LogP contribution in [0.4, 0.5) is 0 Å². The molecule has 0 unspecified atom stereocenters. The van der Waals surface area contributed by atoms with Crippen LogP contribution in [0.5, 0.6) is 0 Å².